The van der Waals surface area contributed by atoms with Crippen LogP contribution in [0.15, 0.2) is 41.5 Å². The number of anilines is 1. The fourth-order valence-corrected chi connectivity index (χ4v) is 2.61. The summed E-state index contributed by atoms with van der Waals surface area (Å²) in [5.74, 6) is 0.188. The van der Waals surface area contributed by atoms with Crippen LogP contribution in [0.1, 0.15) is 11.1 Å². The molecule has 0 unspecified atom stereocenters. The Hall–Kier alpha value is -2.29. The molecule has 0 atom stereocenters. The standard InChI is InChI=1S/C17H18IN3O3/c1-11-5-3-4-6-14(11)19-10-16(22)21-20-9-12-7-13(18)17(23)15(8-12)24-2/h3-9,19,23H,10H2,1-2H3,(H,21,22). The fraction of sp³-hybridized carbons (Fsp3) is 0.176. The number of ether oxygens (including phenoxy) is 1. The molecule has 24 heavy (non-hydrogen) atoms. The van der Waals surface area contributed by atoms with Crippen molar-refractivity contribution in [2.45, 2.75) is 6.92 Å². The minimum absolute atomic E-state index is 0.0849. The molecule has 0 aliphatic carbocycles. The minimum atomic E-state index is -0.255. The van der Waals surface area contributed by atoms with Crippen molar-refractivity contribution in [1.82, 2.24) is 5.43 Å². The van der Waals surface area contributed by atoms with Crippen molar-refractivity contribution in [3.05, 3.63) is 51.1 Å². The second-order valence-electron chi connectivity index (χ2n) is 5.02. The average molecular weight is 439 g/mol. The third-order valence-corrected chi connectivity index (χ3v) is 4.08. The predicted molar refractivity (Wildman–Crippen MR) is 103 cm³/mol. The van der Waals surface area contributed by atoms with Gasteiger partial charge < -0.3 is 15.2 Å². The predicted octanol–water partition coefficient (Wildman–Crippen LogP) is 2.88. The molecule has 0 fully saturated rings. The number of aromatic hydroxyl groups is 1. The van der Waals surface area contributed by atoms with Gasteiger partial charge in [0.15, 0.2) is 11.5 Å². The SMILES string of the molecule is COc1cc(C=NNC(=O)CNc2ccccc2C)cc(I)c1O. The van der Waals surface area contributed by atoms with Gasteiger partial charge >= 0.3 is 0 Å². The van der Waals surface area contributed by atoms with Crippen molar-refractivity contribution >= 4 is 40.4 Å². The molecule has 2 aromatic rings. The Labute approximate surface area is 154 Å². The van der Waals surface area contributed by atoms with Gasteiger partial charge in [-0.05, 0) is 58.8 Å². The van der Waals surface area contributed by atoms with E-state index in [-0.39, 0.29) is 18.2 Å². The number of para-hydroxylation sites is 1. The quantitative estimate of drug-likeness (QED) is 0.367. The maximum Gasteiger partial charge on any atom is 0.259 e. The molecule has 0 aliphatic heterocycles. The smallest absolute Gasteiger partial charge is 0.259 e. The summed E-state index contributed by atoms with van der Waals surface area (Å²) in [6.45, 7) is 2.09. The summed E-state index contributed by atoms with van der Waals surface area (Å²) in [6.07, 6.45) is 1.50. The van der Waals surface area contributed by atoms with Crippen molar-refractivity contribution in [3.63, 3.8) is 0 Å². The van der Waals surface area contributed by atoms with E-state index in [1.165, 1.54) is 13.3 Å². The van der Waals surface area contributed by atoms with Crippen molar-refractivity contribution < 1.29 is 14.6 Å². The number of phenols is 1. The summed E-state index contributed by atoms with van der Waals surface area (Å²) in [4.78, 5) is 11.8. The number of hydrazone groups is 1. The van der Waals surface area contributed by atoms with E-state index in [0.717, 1.165) is 11.3 Å². The van der Waals surface area contributed by atoms with Crippen LogP contribution in [0, 0.1) is 10.5 Å². The Morgan fingerprint density at radius 2 is 2.12 bits per heavy atom. The zero-order chi connectivity index (χ0) is 17.5. The third-order valence-electron chi connectivity index (χ3n) is 3.26. The number of hydrogen-bond acceptors (Lipinski definition) is 5. The number of carbonyl (C=O) groups is 1. The fourth-order valence-electron chi connectivity index (χ4n) is 1.99. The number of nitrogens with zero attached hydrogens (tertiary/aromatic N) is 1. The Bertz CT molecular complexity index is 763. The number of rotatable bonds is 6. The van der Waals surface area contributed by atoms with E-state index in [1.54, 1.807) is 12.1 Å². The number of hydrogen-bond donors (Lipinski definition) is 3. The van der Waals surface area contributed by atoms with Crippen LogP contribution in [0.25, 0.3) is 0 Å². The molecule has 0 saturated carbocycles. The number of aryl methyl sites for hydroxylation is 1. The lowest BCUT2D eigenvalue weighted by atomic mass is 10.2. The monoisotopic (exact) mass is 439 g/mol. The normalized spacial score (nSPS) is 10.6. The highest BCUT2D eigenvalue weighted by atomic mass is 127. The van der Waals surface area contributed by atoms with Gasteiger partial charge in [0.2, 0.25) is 0 Å². The highest BCUT2D eigenvalue weighted by Crippen LogP contribution is 2.31. The molecular formula is C17H18IN3O3. The molecule has 1 amide bonds. The van der Waals surface area contributed by atoms with Crippen LogP contribution in [0.4, 0.5) is 5.69 Å². The molecule has 0 bridgehead atoms. The Morgan fingerprint density at radius 3 is 2.83 bits per heavy atom. The van der Waals surface area contributed by atoms with E-state index in [2.05, 4.69) is 15.8 Å². The lowest BCUT2D eigenvalue weighted by molar-refractivity contribution is -0.119. The van der Waals surface area contributed by atoms with Crippen LogP contribution in [0.5, 0.6) is 11.5 Å². The van der Waals surface area contributed by atoms with Crippen LogP contribution in [0.3, 0.4) is 0 Å². The number of benzene rings is 2. The summed E-state index contributed by atoms with van der Waals surface area (Å²) in [7, 11) is 1.48. The molecule has 3 N–H and O–H groups in total. The lowest BCUT2D eigenvalue weighted by Gasteiger charge is -2.08. The molecule has 7 heteroatoms. The number of carbonyl (C=O) groups excluding carboxylic acids is 1. The lowest BCUT2D eigenvalue weighted by Crippen LogP contribution is -2.26. The van der Waals surface area contributed by atoms with Gasteiger partial charge in [-0.25, -0.2) is 5.43 Å². The highest BCUT2D eigenvalue weighted by molar-refractivity contribution is 14.1. The zero-order valence-electron chi connectivity index (χ0n) is 13.3. The first-order valence-corrected chi connectivity index (χ1v) is 8.27. The van der Waals surface area contributed by atoms with Gasteiger partial charge in [0, 0.05) is 5.69 Å². The van der Waals surface area contributed by atoms with E-state index in [0.29, 0.717) is 14.9 Å². The van der Waals surface area contributed by atoms with Crippen molar-refractivity contribution in [2.75, 3.05) is 19.0 Å². The van der Waals surface area contributed by atoms with Crippen LogP contribution in [-0.2, 0) is 4.79 Å². The molecule has 0 aromatic heterocycles. The first-order chi connectivity index (χ1) is 11.5. The summed E-state index contributed by atoms with van der Waals surface area (Å²) < 4.78 is 5.72. The van der Waals surface area contributed by atoms with Crippen molar-refractivity contribution in [2.24, 2.45) is 5.10 Å². The zero-order valence-corrected chi connectivity index (χ0v) is 15.5. The molecule has 2 aromatic carbocycles. The Morgan fingerprint density at radius 1 is 1.38 bits per heavy atom. The second kappa shape index (κ2) is 8.53. The van der Waals surface area contributed by atoms with E-state index >= 15 is 0 Å². The topological polar surface area (TPSA) is 83.0 Å². The molecular weight excluding hydrogens is 421 g/mol. The maximum atomic E-state index is 11.8. The van der Waals surface area contributed by atoms with E-state index in [9.17, 15) is 9.90 Å². The molecule has 6 nitrogen and oxygen atoms in total. The first kappa shape index (κ1) is 18.1. The first-order valence-electron chi connectivity index (χ1n) is 7.19. The van der Waals surface area contributed by atoms with Gasteiger partial charge in [0.1, 0.15) is 0 Å². The molecule has 0 aliphatic rings. The maximum absolute atomic E-state index is 11.8. The molecule has 0 heterocycles. The summed E-state index contributed by atoms with van der Waals surface area (Å²) in [6, 6.07) is 11.1. The number of methoxy groups -OCH3 is 1. The number of phenolic OH excluding ortho intramolecular Hbond substituents is 1. The van der Waals surface area contributed by atoms with Crippen LogP contribution < -0.4 is 15.5 Å². The highest BCUT2D eigenvalue weighted by Gasteiger charge is 2.07. The van der Waals surface area contributed by atoms with E-state index in [4.69, 9.17) is 4.74 Å². The minimum Gasteiger partial charge on any atom is -0.504 e. The number of halogens is 1. The second-order valence-corrected chi connectivity index (χ2v) is 6.18. The van der Waals surface area contributed by atoms with Gasteiger partial charge in [0.25, 0.3) is 5.91 Å². The van der Waals surface area contributed by atoms with Crippen molar-refractivity contribution in [3.8, 4) is 11.5 Å². The van der Waals surface area contributed by atoms with E-state index in [1.807, 2.05) is 53.8 Å². The van der Waals surface area contributed by atoms with Gasteiger partial charge in [-0.2, -0.15) is 5.10 Å². The van der Waals surface area contributed by atoms with Crippen LogP contribution in [0.2, 0.25) is 0 Å². The van der Waals surface area contributed by atoms with Gasteiger partial charge in [-0.1, -0.05) is 18.2 Å². The molecule has 0 radical (unpaired) electrons. The largest absolute Gasteiger partial charge is 0.504 e. The number of nitrogens with one attached hydrogen (secondary N) is 2. The summed E-state index contributed by atoms with van der Waals surface area (Å²) >= 11 is 2.00. The van der Waals surface area contributed by atoms with Crippen LogP contribution >= 0.6 is 22.6 Å². The summed E-state index contributed by atoms with van der Waals surface area (Å²) in [5.41, 5.74) is 5.14. The van der Waals surface area contributed by atoms with Gasteiger partial charge in [-0.15, -0.1) is 0 Å². The van der Waals surface area contributed by atoms with Crippen LogP contribution in [-0.4, -0.2) is 30.9 Å². The third kappa shape index (κ3) is 4.85. The van der Waals surface area contributed by atoms with Gasteiger partial charge in [0.05, 0.1) is 23.4 Å². The van der Waals surface area contributed by atoms with E-state index < -0.39 is 0 Å². The summed E-state index contributed by atoms with van der Waals surface area (Å²) in [5, 5.41) is 16.8. The van der Waals surface area contributed by atoms with Crippen molar-refractivity contribution in [1.29, 1.82) is 0 Å². The molecule has 126 valence electrons. The molecule has 0 saturated heterocycles. The number of amides is 1. The Balaban J connectivity index is 1.91. The molecule has 2 rings (SSSR count). The average Bonchev–Trinajstić information content (AvgIpc) is 2.57. The Kier molecular flexibility index (Phi) is 6.42. The molecule has 0 spiro atoms. The van der Waals surface area contributed by atoms with Gasteiger partial charge in [-0.3, -0.25) is 4.79 Å².